The number of fused-ring (bicyclic) bond motifs is 5. The van der Waals surface area contributed by atoms with Crippen LogP contribution in [0.5, 0.6) is 0 Å². The zero-order valence-corrected chi connectivity index (χ0v) is 28.8. The molecule has 0 aliphatic carbocycles. The molecule has 0 bridgehead atoms. The first-order valence-electron chi connectivity index (χ1n) is 17.9. The van der Waals surface area contributed by atoms with E-state index in [4.69, 9.17) is 14.4 Å². The summed E-state index contributed by atoms with van der Waals surface area (Å²) >= 11 is 0. The van der Waals surface area contributed by atoms with Crippen molar-refractivity contribution in [1.29, 1.82) is 0 Å². The molecule has 0 saturated carbocycles. The third-order valence-electron chi connectivity index (χ3n) is 10.0. The normalized spacial score (nSPS) is 11.4. The van der Waals surface area contributed by atoms with E-state index in [9.17, 15) is 0 Å². The number of hydrogen-bond donors (Lipinski definition) is 0. The van der Waals surface area contributed by atoms with Gasteiger partial charge in [-0.3, -0.25) is 0 Å². The largest absolute Gasteiger partial charge is 0.456 e. The van der Waals surface area contributed by atoms with Gasteiger partial charge in [-0.25, -0.2) is 9.97 Å². The van der Waals surface area contributed by atoms with Crippen LogP contribution in [0.1, 0.15) is 0 Å². The van der Waals surface area contributed by atoms with E-state index >= 15 is 0 Å². The molecule has 0 amide bonds. The fraction of sp³-hybridized carbons (Fsp3) is 0. The molecule has 248 valence electrons. The molecule has 53 heavy (non-hydrogen) atoms. The van der Waals surface area contributed by atoms with E-state index in [1.807, 2.05) is 24.3 Å². The standard InChI is InChI=1S/C50H32N2O/c1-4-14-33(15-5-1)40-30-41(34-16-6-2-7-17-34)32-42(31-40)38-22-12-20-36(28-38)37-21-13-23-39(29-37)50-51-44-26-27-46-47(43-24-10-11-25-45(43)53-46)48(44)49(52-50)35-18-8-3-9-19-35/h1-32H. The summed E-state index contributed by atoms with van der Waals surface area (Å²) in [7, 11) is 0. The Morgan fingerprint density at radius 3 is 1.42 bits per heavy atom. The lowest BCUT2D eigenvalue weighted by Crippen LogP contribution is -1.96. The van der Waals surface area contributed by atoms with Crippen molar-refractivity contribution in [2.45, 2.75) is 0 Å². The van der Waals surface area contributed by atoms with Crippen LogP contribution in [-0.2, 0) is 0 Å². The quantitative estimate of drug-likeness (QED) is 0.176. The predicted octanol–water partition coefficient (Wildman–Crippen LogP) is 13.5. The van der Waals surface area contributed by atoms with E-state index in [-0.39, 0.29) is 0 Å². The first kappa shape index (κ1) is 30.7. The lowest BCUT2D eigenvalue weighted by molar-refractivity contribution is 0.669. The van der Waals surface area contributed by atoms with E-state index in [0.717, 1.165) is 66.4 Å². The second-order valence-electron chi connectivity index (χ2n) is 13.4. The van der Waals surface area contributed by atoms with Crippen molar-refractivity contribution in [3.63, 3.8) is 0 Å². The van der Waals surface area contributed by atoms with Gasteiger partial charge in [-0.05, 0) is 93.0 Å². The topological polar surface area (TPSA) is 38.9 Å². The molecule has 0 N–H and O–H groups in total. The van der Waals surface area contributed by atoms with Crippen LogP contribution >= 0.6 is 0 Å². The first-order valence-corrected chi connectivity index (χ1v) is 17.9. The van der Waals surface area contributed by atoms with Gasteiger partial charge in [0.2, 0.25) is 0 Å². The number of para-hydroxylation sites is 1. The van der Waals surface area contributed by atoms with Gasteiger partial charge < -0.3 is 4.42 Å². The highest BCUT2D eigenvalue weighted by atomic mass is 16.3. The van der Waals surface area contributed by atoms with Crippen molar-refractivity contribution in [1.82, 2.24) is 9.97 Å². The van der Waals surface area contributed by atoms with Gasteiger partial charge in [0.05, 0.1) is 11.2 Å². The fourth-order valence-electron chi connectivity index (χ4n) is 7.48. The molecule has 0 atom stereocenters. The second kappa shape index (κ2) is 12.9. The van der Waals surface area contributed by atoms with E-state index in [1.165, 1.54) is 27.8 Å². The number of furan rings is 1. The SMILES string of the molecule is c1ccc(-c2cc(-c3ccccc3)cc(-c3cccc(-c4cccc(-c5nc(-c6ccccc6)c6c(ccc7oc8ccccc8c76)n5)c4)c3)c2)cc1. The maximum Gasteiger partial charge on any atom is 0.160 e. The summed E-state index contributed by atoms with van der Waals surface area (Å²) in [6.07, 6.45) is 0. The highest BCUT2D eigenvalue weighted by molar-refractivity contribution is 6.21. The maximum atomic E-state index is 6.27. The molecule has 10 aromatic rings. The van der Waals surface area contributed by atoms with Gasteiger partial charge in [0, 0.05) is 27.3 Å². The molecule has 8 aromatic carbocycles. The Morgan fingerprint density at radius 2 is 0.774 bits per heavy atom. The van der Waals surface area contributed by atoms with Crippen LogP contribution in [0.2, 0.25) is 0 Å². The van der Waals surface area contributed by atoms with Crippen LogP contribution in [-0.4, -0.2) is 9.97 Å². The molecular weight excluding hydrogens is 645 g/mol. The Labute approximate surface area is 307 Å². The van der Waals surface area contributed by atoms with Gasteiger partial charge in [-0.2, -0.15) is 0 Å². The Balaban J connectivity index is 1.10. The number of benzene rings is 8. The van der Waals surface area contributed by atoms with Gasteiger partial charge in [-0.1, -0.05) is 146 Å². The minimum Gasteiger partial charge on any atom is -0.456 e. The Kier molecular flexibility index (Phi) is 7.47. The Morgan fingerprint density at radius 1 is 0.302 bits per heavy atom. The number of hydrogen-bond acceptors (Lipinski definition) is 3. The van der Waals surface area contributed by atoms with Crippen LogP contribution in [0.3, 0.4) is 0 Å². The third-order valence-corrected chi connectivity index (χ3v) is 10.0. The molecule has 2 heterocycles. The van der Waals surface area contributed by atoms with Crippen LogP contribution in [0.4, 0.5) is 0 Å². The third kappa shape index (κ3) is 5.65. The van der Waals surface area contributed by atoms with Gasteiger partial charge >= 0.3 is 0 Å². The summed E-state index contributed by atoms with van der Waals surface area (Å²) in [5.41, 5.74) is 14.8. The summed E-state index contributed by atoms with van der Waals surface area (Å²) in [6.45, 7) is 0. The molecule has 0 unspecified atom stereocenters. The molecule has 0 radical (unpaired) electrons. The second-order valence-corrected chi connectivity index (χ2v) is 13.4. The minimum absolute atomic E-state index is 0.685. The molecule has 0 saturated heterocycles. The number of rotatable bonds is 6. The molecule has 0 aliphatic rings. The summed E-state index contributed by atoms with van der Waals surface area (Å²) < 4.78 is 6.27. The van der Waals surface area contributed by atoms with Gasteiger partial charge in [0.1, 0.15) is 11.2 Å². The van der Waals surface area contributed by atoms with E-state index < -0.39 is 0 Å². The Hall–Kier alpha value is -7.10. The first-order chi connectivity index (χ1) is 26.2. The van der Waals surface area contributed by atoms with Crippen LogP contribution in [0.15, 0.2) is 199 Å². The molecule has 3 heteroatoms. The molecule has 0 fully saturated rings. The van der Waals surface area contributed by atoms with Crippen LogP contribution in [0.25, 0.3) is 100.0 Å². The smallest absolute Gasteiger partial charge is 0.160 e. The average molecular weight is 677 g/mol. The summed E-state index contributed by atoms with van der Waals surface area (Å²) in [5, 5.41) is 3.10. The van der Waals surface area contributed by atoms with Gasteiger partial charge in [0.15, 0.2) is 5.82 Å². The van der Waals surface area contributed by atoms with E-state index in [2.05, 4.69) is 170 Å². The summed E-state index contributed by atoms with van der Waals surface area (Å²) in [5.74, 6) is 0.685. The fourth-order valence-corrected chi connectivity index (χ4v) is 7.48. The zero-order chi connectivity index (χ0) is 35.1. The van der Waals surface area contributed by atoms with Gasteiger partial charge in [0.25, 0.3) is 0 Å². The molecule has 0 spiro atoms. The van der Waals surface area contributed by atoms with Crippen molar-refractivity contribution in [3.05, 3.63) is 194 Å². The van der Waals surface area contributed by atoms with Gasteiger partial charge in [-0.15, -0.1) is 0 Å². The van der Waals surface area contributed by atoms with Crippen molar-refractivity contribution in [2.75, 3.05) is 0 Å². The minimum atomic E-state index is 0.685. The van der Waals surface area contributed by atoms with E-state index in [1.54, 1.807) is 0 Å². The average Bonchev–Trinajstić information content (AvgIpc) is 3.63. The predicted molar refractivity (Wildman–Crippen MR) is 219 cm³/mol. The molecule has 0 aliphatic heterocycles. The van der Waals surface area contributed by atoms with Crippen LogP contribution in [0, 0.1) is 0 Å². The number of nitrogens with zero attached hydrogens (tertiary/aromatic N) is 2. The molecule has 3 nitrogen and oxygen atoms in total. The molecule has 10 rings (SSSR count). The van der Waals surface area contributed by atoms with Crippen molar-refractivity contribution in [3.8, 4) is 67.2 Å². The molecular formula is C50H32N2O. The van der Waals surface area contributed by atoms with E-state index in [0.29, 0.717) is 5.82 Å². The number of aromatic nitrogens is 2. The lowest BCUT2D eigenvalue weighted by Gasteiger charge is -2.13. The highest BCUT2D eigenvalue weighted by Gasteiger charge is 2.18. The molecule has 2 aromatic heterocycles. The Bertz CT molecular complexity index is 2870. The summed E-state index contributed by atoms with van der Waals surface area (Å²) in [4.78, 5) is 10.5. The maximum absolute atomic E-state index is 6.27. The lowest BCUT2D eigenvalue weighted by atomic mass is 9.92. The van der Waals surface area contributed by atoms with Crippen molar-refractivity contribution in [2.24, 2.45) is 0 Å². The summed E-state index contributed by atoms with van der Waals surface area (Å²) in [6, 6.07) is 68.1. The highest BCUT2D eigenvalue weighted by Crippen LogP contribution is 2.40. The van der Waals surface area contributed by atoms with Crippen molar-refractivity contribution < 1.29 is 4.42 Å². The zero-order valence-electron chi connectivity index (χ0n) is 28.8. The van der Waals surface area contributed by atoms with Crippen molar-refractivity contribution >= 4 is 32.8 Å². The monoisotopic (exact) mass is 676 g/mol. The van der Waals surface area contributed by atoms with Crippen LogP contribution < -0.4 is 0 Å².